The summed E-state index contributed by atoms with van der Waals surface area (Å²) in [5.74, 6) is 0.00997. The molecule has 0 spiro atoms. The van der Waals surface area contributed by atoms with Gasteiger partial charge < -0.3 is 15.0 Å². The molecule has 2 aromatic rings. The zero-order valence-electron chi connectivity index (χ0n) is 15.0. The molecule has 2 aromatic carbocycles. The molecule has 1 N–H and O–H groups in total. The lowest BCUT2D eigenvalue weighted by atomic mass is 10.1. The molecule has 1 fully saturated rings. The first kappa shape index (κ1) is 17.5. The predicted molar refractivity (Wildman–Crippen MR) is 102 cm³/mol. The molecule has 0 radical (unpaired) electrons. The molecule has 1 amide bonds. The Morgan fingerprint density at radius 3 is 2.76 bits per heavy atom. The van der Waals surface area contributed by atoms with Crippen molar-refractivity contribution in [3.05, 3.63) is 59.7 Å². The number of ether oxygens (including phenoxy) is 1. The number of rotatable bonds is 5. The van der Waals surface area contributed by atoms with Crippen LogP contribution in [0.3, 0.4) is 0 Å². The van der Waals surface area contributed by atoms with Crippen molar-refractivity contribution in [3.8, 4) is 0 Å². The normalized spacial score (nSPS) is 17.4. The molecule has 1 atom stereocenters. The molecular formula is C21H26N2O2. The molecule has 1 saturated heterocycles. The third-order valence-corrected chi connectivity index (χ3v) is 4.67. The van der Waals surface area contributed by atoms with Crippen LogP contribution in [0.4, 0.5) is 11.4 Å². The summed E-state index contributed by atoms with van der Waals surface area (Å²) in [6, 6.07) is 16.1. The van der Waals surface area contributed by atoms with Gasteiger partial charge in [-0.05, 0) is 49.6 Å². The zero-order valence-corrected chi connectivity index (χ0v) is 15.0. The quantitative estimate of drug-likeness (QED) is 0.902. The number of nitrogens with zero attached hydrogens (tertiary/aromatic N) is 1. The Morgan fingerprint density at radius 2 is 2.04 bits per heavy atom. The molecule has 0 bridgehead atoms. The number of methoxy groups -OCH3 is 1. The molecule has 0 saturated carbocycles. The van der Waals surface area contributed by atoms with Crippen molar-refractivity contribution in [2.24, 2.45) is 0 Å². The molecule has 4 heteroatoms. The Kier molecular flexibility index (Phi) is 5.71. The zero-order chi connectivity index (χ0) is 17.6. The Bertz CT molecular complexity index is 712. The largest absolute Gasteiger partial charge is 0.380 e. The van der Waals surface area contributed by atoms with Gasteiger partial charge in [0, 0.05) is 31.6 Å². The third-order valence-electron chi connectivity index (χ3n) is 4.67. The van der Waals surface area contributed by atoms with Crippen molar-refractivity contribution in [2.45, 2.75) is 32.3 Å². The van der Waals surface area contributed by atoms with Crippen LogP contribution in [0.25, 0.3) is 0 Å². The SMILES string of the molecule is COC1CCCN(c2ccc(NC(=O)Cc3cccc(C)c3)cc2)C1. The number of hydrogen-bond donors (Lipinski definition) is 1. The maximum atomic E-state index is 12.2. The van der Waals surface area contributed by atoms with Crippen LogP contribution in [0.5, 0.6) is 0 Å². The van der Waals surface area contributed by atoms with Gasteiger partial charge in [0.2, 0.25) is 5.91 Å². The van der Waals surface area contributed by atoms with Crippen molar-refractivity contribution >= 4 is 17.3 Å². The molecular weight excluding hydrogens is 312 g/mol. The van der Waals surface area contributed by atoms with Gasteiger partial charge in [-0.15, -0.1) is 0 Å². The summed E-state index contributed by atoms with van der Waals surface area (Å²) < 4.78 is 5.49. The molecule has 1 aliphatic heterocycles. The van der Waals surface area contributed by atoms with Gasteiger partial charge in [0.25, 0.3) is 0 Å². The highest BCUT2D eigenvalue weighted by Crippen LogP contribution is 2.23. The molecule has 132 valence electrons. The van der Waals surface area contributed by atoms with E-state index in [0.717, 1.165) is 37.2 Å². The second-order valence-electron chi connectivity index (χ2n) is 6.71. The average molecular weight is 338 g/mol. The monoisotopic (exact) mass is 338 g/mol. The lowest BCUT2D eigenvalue weighted by Crippen LogP contribution is -2.39. The summed E-state index contributed by atoms with van der Waals surface area (Å²) in [6.07, 6.45) is 2.97. The van der Waals surface area contributed by atoms with Crippen LogP contribution in [-0.2, 0) is 16.0 Å². The van der Waals surface area contributed by atoms with Crippen LogP contribution in [-0.4, -0.2) is 32.2 Å². The fraction of sp³-hybridized carbons (Fsp3) is 0.381. The molecule has 0 aromatic heterocycles. The van der Waals surface area contributed by atoms with Crippen LogP contribution in [0.2, 0.25) is 0 Å². The predicted octanol–water partition coefficient (Wildman–Crippen LogP) is 3.79. The van der Waals surface area contributed by atoms with E-state index >= 15 is 0 Å². The highest BCUT2D eigenvalue weighted by Gasteiger charge is 2.19. The lowest BCUT2D eigenvalue weighted by molar-refractivity contribution is -0.115. The third kappa shape index (κ3) is 4.83. The van der Waals surface area contributed by atoms with E-state index in [1.165, 1.54) is 11.3 Å². The summed E-state index contributed by atoms with van der Waals surface area (Å²) in [4.78, 5) is 14.6. The fourth-order valence-electron chi connectivity index (χ4n) is 3.33. The number of anilines is 2. The van der Waals surface area contributed by atoms with Gasteiger partial charge in [-0.2, -0.15) is 0 Å². The summed E-state index contributed by atoms with van der Waals surface area (Å²) in [5.41, 5.74) is 4.22. The van der Waals surface area contributed by atoms with Crippen molar-refractivity contribution in [2.75, 3.05) is 30.4 Å². The lowest BCUT2D eigenvalue weighted by Gasteiger charge is -2.33. The minimum atomic E-state index is 0.00997. The summed E-state index contributed by atoms with van der Waals surface area (Å²) in [5, 5.41) is 2.98. The molecule has 1 heterocycles. The number of benzene rings is 2. The highest BCUT2D eigenvalue weighted by atomic mass is 16.5. The van der Waals surface area contributed by atoms with E-state index in [0.29, 0.717) is 12.5 Å². The van der Waals surface area contributed by atoms with Crippen molar-refractivity contribution < 1.29 is 9.53 Å². The van der Waals surface area contributed by atoms with Crippen molar-refractivity contribution in [1.29, 1.82) is 0 Å². The second kappa shape index (κ2) is 8.17. The van der Waals surface area contributed by atoms with E-state index in [1.807, 2.05) is 43.3 Å². The van der Waals surface area contributed by atoms with E-state index in [4.69, 9.17) is 4.74 Å². The Morgan fingerprint density at radius 1 is 1.24 bits per heavy atom. The van der Waals surface area contributed by atoms with E-state index in [9.17, 15) is 4.79 Å². The van der Waals surface area contributed by atoms with Crippen LogP contribution >= 0.6 is 0 Å². The molecule has 1 unspecified atom stereocenters. The number of carbonyl (C=O) groups is 1. The van der Waals surface area contributed by atoms with Crippen molar-refractivity contribution in [3.63, 3.8) is 0 Å². The van der Waals surface area contributed by atoms with Gasteiger partial charge in [0.15, 0.2) is 0 Å². The minimum absolute atomic E-state index is 0.00997. The first-order valence-electron chi connectivity index (χ1n) is 8.87. The molecule has 25 heavy (non-hydrogen) atoms. The van der Waals surface area contributed by atoms with Crippen LogP contribution in [0, 0.1) is 6.92 Å². The summed E-state index contributed by atoms with van der Waals surface area (Å²) in [7, 11) is 1.78. The Labute approximate surface area is 149 Å². The maximum absolute atomic E-state index is 12.2. The van der Waals surface area contributed by atoms with Gasteiger partial charge in [0.05, 0.1) is 12.5 Å². The number of nitrogens with one attached hydrogen (secondary N) is 1. The van der Waals surface area contributed by atoms with Gasteiger partial charge >= 0.3 is 0 Å². The number of aryl methyl sites for hydroxylation is 1. The topological polar surface area (TPSA) is 41.6 Å². The average Bonchev–Trinajstić information content (AvgIpc) is 2.62. The summed E-state index contributed by atoms with van der Waals surface area (Å²) >= 11 is 0. The summed E-state index contributed by atoms with van der Waals surface area (Å²) in [6.45, 7) is 4.02. The van der Waals surface area contributed by atoms with E-state index < -0.39 is 0 Å². The van der Waals surface area contributed by atoms with E-state index in [2.05, 4.69) is 22.3 Å². The first-order valence-corrected chi connectivity index (χ1v) is 8.87. The number of amides is 1. The minimum Gasteiger partial charge on any atom is -0.380 e. The molecule has 1 aliphatic rings. The van der Waals surface area contributed by atoms with Gasteiger partial charge in [0.1, 0.15) is 0 Å². The second-order valence-corrected chi connectivity index (χ2v) is 6.71. The standard InChI is InChI=1S/C21H26N2O2/c1-16-5-3-6-17(13-16)14-21(24)22-18-8-10-19(11-9-18)23-12-4-7-20(15-23)25-2/h3,5-6,8-11,13,20H,4,7,12,14-15H2,1-2H3,(H,22,24). The highest BCUT2D eigenvalue weighted by molar-refractivity contribution is 5.92. The fourth-order valence-corrected chi connectivity index (χ4v) is 3.33. The molecule has 4 nitrogen and oxygen atoms in total. The van der Waals surface area contributed by atoms with E-state index in [-0.39, 0.29) is 5.91 Å². The number of hydrogen-bond acceptors (Lipinski definition) is 3. The molecule has 0 aliphatic carbocycles. The number of piperidine rings is 1. The van der Waals surface area contributed by atoms with Crippen molar-refractivity contribution in [1.82, 2.24) is 0 Å². The number of carbonyl (C=O) groups excluding carboxylic acids is 1. The van der Waals surface area contributed by atoms with Gasteiger partial charge in [-0.1, -0.05) is 29.8 Å². The van der Waals surface area contributed by atoms with E-state index in [1.54, 1.807) is 7.11 Å². The Hall–Kier alpha value is -2.33. The smallest absolute Gasteiger partial charge is 0.228 e. The Balaban J connectivity index is 1.58. The van der Waals surface area contributed by atoms with Crippen LogP contribution < -0.4 is 10.2 Å². The molecule has 3 rings (SSSR count). The van der Waals surface area contributed by atoms with Crippen LogP contribution in [0.15, 0.2) is 48.5 Å². The van der Waals surface area contributed by atoms with Gasteiger partial charge in [-0.25, -0.2) is 0 Å². The van der Waals surface area contributed by atoms with Crippen LogP contribution in [0.1, 0.15) is 24.0 Å². The maximum Gasteiger partial charge on any atom is 0.228 e. The van der Waals surface area contributed by atoms with Gasteiger partial charge in [-0.3, -0.25) is 4.79 Å². The first-order chi connectivity index (χ1) is 12.1.